The van der Waals surface area contributed by atoms with Gasteiger partial charge in [-0.05, 0) is 68.1 Å². The van der Waals surface area contributed by atoms with Crippen molar-refractivity contribution in [3.63, 3.8) is 0 Å². The van der Waals surface area contributed by atoms with Gasteiger partial charge in [0.25, 0.3) is 0 Å². The standard InChI is InChI=1S/C17H18O2/c1-2-3-4-5-6-7-8-9-16-10-12-17(13-11-16)19-15-14-18/h16-18H,10-15H2,1H3. The largest absolute Gasteiger partial charge is 0.394 e. The second kappa shape index (κ2) is 10.1. The SMILES string of the molecule is CC#CC#CC#CC#CC1CCC(OCCO)CC1. The summed E-state index contributed by atoms with van der Waals surface area (Å²) < 4.78 is 5.50. The minimum Gasteiger partial charge on any atom is -0.394 e. The first kappa shape index (κ1) is 15.2. The van der Waals surface area contributed by atoms with Crippen molar-refractivity contribution < 1.29 is 9.84 Å². The zero-order valence-electron chi connectivity index (χ0n) is 11.3. The predicted octanol–water partition coefficient (Wildman–Crippen LogP) is 1.59. The van der Waals surface area contributed by atoms with Crippen LogP contribution in [0.2, 0.25) is 0 Å². The number of aliphatic hydroxyl groups excluding tert-OH is 1. The van der Waals surface area contributed by atoms with Crippen molar-refractivity contribution in [1.82, 2.24) is 0 Å². The molecule has 0 bridgehead atoms. The van der Waals surface area contributed by atoms with Gasteiger partial charge in [0.2, 0.25) is 0 Å². The Hall–Kier alpha value is -1.84. The van der Waals surface area contributed by atoms with Crippen molar-refractivity contribution in [1.29, 1.82) is 0 Å². The van der Waals surface area contributed by atoms with Crippen LogP contribution in [0.1, 0.15) is 32.6 Å². The van der Waals surface area contributed by atoms with E-state index in [1.807, 2.05) is 0 Å². The monoisotopic (exact) mass is 254 g/mol. The molecule has 1 N–H and O–H groups in total. The van der Waals surface area contributed by atoms with Gasteiger partial charge in [-0.25, -0.2) is 0 Å². The lowest BCUT2D eigenvalue weighted by atomic mass is 9.88. The van der Waals surface area contributed by atoms with E-state index in [0.717, 1.165) is 25.7 Å². The van der Waals surface area contributed by atoms with Gasteiger partial charge < -0.3 is 9.84 Å². The Labute approximate surface area is 115 Å². The fraction of sp³-hybridized carbons (Fsp3) is 0.529. The quantitative estimate of drug-likeness (QED) is 0.775. The number of ether oxygens (including phenoxy) is 1. The van der Waals surface area contributed by atoms with Crippen LogP contribution in [0.5, 0.6) is 0 Å². The highest BCUT2D eigenvalue weighted by Crippen LogP contribution is 2.25. The van der Waals surface area contributed by atoms with E-state index in [1.165, 1.54) is 0 Å². The Kier molecular flexibility index (Phi) is 8.10. The first-order valence-electron chi connectivity index (χ1n) is 6.51. The molecule has 1 rings (SSSR count). The molecule has 2 nitrogen and oxygen atoms in total. The zero-order valence-corrected chi connectivity index (χ0v) is 11.3. The van der Waals surface area contributed by atoms with Crippen LogP contribution in [0, 0.1) is 53.3 Å². The Balaban J connectivity index is 2.29. The molecule has 0 unspecified atom stereocenters. The lowest BCUT2D eigenvalue weighted by Gasteiger charge is -2.25. The Morgan fingerprint density at radius 3 is 2.21 bits per heavy atom. The molecular formula is C17H18O2. The van der Waals surface area contributed by atoms with Crippen LogP contribution in [-0.2, 0) is 4.74 Å². The van der Waals surface area contributed by atoms with E-state index in [4.69, 9.17) is 9.84 Å². The fourth-order valence-electron chi connectivity index (χ4n) is 1.92. The summed E-state index contributed by atoms with van der Waals surface area (Å²) in [6.45, 7) is 2.27. The summed E-state index contributed by atoms with van der Waals surface area (Å²) in [4.78, 5) is 0. The van der Waals surface area contributed by atoms with Gasteiger partial charge in [0, 0.05) is 5.92 Å². The molecule has 1 aliphatic carbocycles. The van der Waals surface area contributed by atoms with Gasteiger partial charge in [-0.2, -0.15) is 0 Å². The first-order valence-corrected chi connectivity index (χ1v) is 6.51. The molecule has 0 aromatic carbocycles. The molecule has 1 aliphatic rings. The number of aliphatic hydroxyl groups is 1. The highest BCUT2D eigenvalue weighted by atomic mass is 16.5. The van der Waals surface area contributed by atoms with E-state index >= 15 is 0 Å². The molecule has 2 heteroatoms. The van der Waals surface area contributed by atoms with E-state index in [0.29, 0.717) is 12.5 Å². The van der Waals surface area contributed by atoms with E-state index in [1.54, 1.807) is 6.92 Å². The van der Waals surface area contributed by atoms with Crippen LogP contribution in [0.4, 0.5) is 0 Å². The molecular weight excluding hydrogens is 236 g/mol. The van der Waals surface area contributed by atoms with Crippen LogP contribution in [0.15, 0.2) is 0 Å². The van der Waals surface area contributed by atoms with Gasteiger partial charge in [0.05, 0.1) is 19.3 Å². The molecule has 0 amide bonds. The molecule has 19 heavy (non-hydrogen) atoms. The molecule has 0 heterocycles. The maximum atomic E-state index is 8.69. The van der Waals surface area contributed by atoms with Gasteiger partial charge in [0.1, 0.15) is 0 Å². The van der Waals surface area contributed by atoms with Crippen LogP contribution in [-0.4, -0.2) is 24.4 Å². The third kappa shape index (κ3) is 7.24. The van der Waals surface area contributed by atoms with Crippen LogP contribution < -0.4 is 0 Å². The maximum Gasteiger partial charge on any atom is 0.0701 e. The van der Waals surface area contributed by atoms with Crippen molar-refractivity contribution in [2.24, 2.45) is 5.92 Å². The summed E-state index contributed by atoms with van der Waals surface area (Å²) in [5, 5.41) is 8.69. The Bertz CT molecular complexity index is 494. The molecule has 1 fully saturated rings. The van der Waals surface area contributed by atoms with Gasteiger partial charge in [-0.3, -0.25) is 0 Å². The highest BCUT2D eigenvalue weighted by molar-refractivity contribution is 5.40. The third-order valence-corrected chi connectivity index (χ3v) is 2.83. The van der Waals surface area contributed by atoms with Crippen LogP contribution >= 0.6 is 0 Å². The minimum atomic E-state index is 0.0960. The predicted molar refractivity (Wildman–Crippen MR) is 75.6 cm³/mol. The molecule has 0 aromatic heterocycles. The summed E-state index contributed by atoms with van der Waals surface area (Å²) in [6, 6.07) is 0. The van der Waals surface area contributed by atoms with E-state index < -0.39 is 0 Å². The third-order valence-electron chi connectivity index (χ3n) is 2.83. The summed E-state index contributed by atoms with van der Waals surface area (Å²) in [5.74, 6) is 22.3. The van der Waals surface area contributed by atoms with E-state index in [-0.39, 0.29) is 12.7 Å². The van der Waals surface area contributed by atoms with Gasteiger partial charge in [-0.1, -0.05) is 11.8 Å². The Morgan fingerprint density at radius 1 is 0.947 bits per heavy atom. The number of hydrogen-bond donors (Lipinski definition) is 1. The maximum absolute atomic E-state index is 8.69. The summed E-state index contributed by atoms with van der Waals surface area (Å²) in [7, 11) is 0. The molecule has 0 saturated heterocycles. The topological polar surface area (TPSA) is 29.5 Å². The van der Waals surface area contributed by atoms with Crippen molar-refractivity contribution >= 4 is 0 Å². The average molecular weight is 254 g/mol. The summed E-state index contributed by atoms with van der Waals surface area (Å²) in [5.41, 5.74) is 0. The molecule has 98 valence electrons. The van der Waals surface area contributed by atoms with Crippen LogP contribution in [0.25, 0.3) is 0 Å². The smallest absolute Gasteiger partial charge is 0.0701 e. The highest BCUT2D eigenvalue weighted by Gasteiger charge is 2.19. The van der Waals surface area contributed by atoms with Crippen molar-refractivity contribution in [2.75, 3.05) is 13.2 Å². The summed E-state index contributed by atoms with van der Waals surface area (Å²) >= 11 is 0. The lowest BCUT2D eigenvalue weighted by Crippen LogP contribution is -2.22. The second-order valence-electron chi connectivity index (χ2n) is 4.21. The van der Waals surface area contributed by atoms with Crippen LogP contribution in [0.3, 0.4) is 0 Å². The van der Waals surface area contributed by atoms with E-state index in [9.17, 15) is 0 Å². The number of hydrogen-bond acceptors (Lipinski definition) is 2. The molecule has 0 atom stereocenters. The molecule has 0 spiro atoms. The first-order chi connectivity index (χ1) is 9.36. The van der Waals surface area contributed by atoms with Crippen molar-refractivity contribution in [3.8, 4) is 47.4 Å². The molecule has 1 saturated carbocycles. The van der Waals surface area contributed by atoms with Gasteiger partial charge >= 0.3 is 0 Å². The Morgan fingerprint density at radius 2 is 1.58 bits per heavy atom. The summed E-state index contributed by atoms with van der Waals surface area (Å²) in [6.07, 6.45) is 4.39. The van der Waals surface area contributed by atoms with Gasteiger partial charge in [-0.15, -0.1) is 0 Å². The zero-order chi connectivity index (χ0) is 13.8. The second-order valence-corrected chi connectivity index (χ2v) is 4.21. The molecule has 0 aliphatic heterocycles. The fourth-order valence-corrected chi connectivity index (χ4v) is 1.92. The van der Waals surface area contributed by atoms with Crippen molar-refractivity contribution in [3.05, 3.63) is 0 Å². The molecule has 0 radical (unpaired) electrons. The normalized spacial score (nSPS) is 20.3. The lowest BCUT2D eigenvalue weighted by molar-refractivity contribution is 0.00444. The average Bonchev–Trinajstić information content (AvgIpc) is 2.45. The van der Waals surface area contributed by atoms with E-state index in [2.05, 4.69) is 47.4 Å². The van der Waals surface area contributed by atoms with Gasteiger partial charge in [0.15, 0.2) is 0 Å². The van der Waals surface area contributed by atoms with Crippen molar-refractivity contribution in [2.45, 2.75) is 38.7 Å². The minimum absolute atomic E-state index is 0.0960. The molecule has 0 aromatic rings. The number of rotatable bonds is 3.